The molecule has 0 spiro atoms. The van der Waals surface area contributed by atoms with Crippen LogP contribution in [0.5, 0.6) is 0 Å². The number of rotatable bonds is 4. The molecule has 0 aliphatic rings. The van der Waals surface area contributed by atoms with E-state index >= 15 is 0 Å². The first-order valence-corrected chi connectivity index (χ1v) is 2.80. The molecule has 0 bridgehead atoms. The molecule has 0 aromatic carbocycles. The quantitative estimate of drug-likeness (QED) is 0.224. The zero-order valence-corrected chi connectivity index (χ0v) is 6.01. The Morgan fingerprint density at radius 1 is 1.92 bits per heavy atom. The van der Waals surface area contributed by atoms with Gasteiger partial charge < -0.3 is 9.84 Å². The van der Waals surface area contributed by atoms with Crippen LogP contribution in [-0.2, 0) is 4.74 Å². The summed E-state index contributed by atoms with van der Waals surface area (Å²) in [7, 11) is 0. The number of nitro groups is 1. The van der Waals surface area contributed by atoms with Gasteiger partial charge in [0.25, 0.3) is 4.98 Å². The lowest BCUT2D eigenvalue weighted by atomic mass is 10.7. The number of ether oxygens (including phenoxy) is 1. The fourth-order valence-corrected chi connectivity index (χ4v) is 0.360. The van der Waals surface area contributed by atoms with Crippen LogP contribution in [0.25, 0.3) is 4.98 Å². The maximum atomic E-state index is 9.96. The summed E-state index contributed by atoms with van der Waals surface area (Å²) in [6.07, 6.45) is 1.27. The number of diazo groups is 1. The first-order chi connectivity index (χ1) is 5.63. The van der Waals surface area contributed by atoms with E-state index in [4.69, 9.17) is 10.5 Å². The first kappa shape index (κ1) is 9.90. The molecule has 0 heterocycles. The minimum absolute atomic E-state index is 0.112. The van der Waals surface area contributed by atoms with E-state index < -0.39 is 16.7 Å². The predicted octanol–water partition coefficient (Wildman–Crippen LogP) is 1.00. The van der Waals surface area contributed by atoms with E-state index in [0.717, 1.165) is 0 Å². The van der Waals surface area contributed by atoms with E-state index in [-0.39, 0.29) is 6.61 Å². The highest BCUT2D eigenvalue weighted by atomic mass is 16.6. The van der Waals surface area contributed by atoms with Crippen molar-refractivity contribution in [3.63, 3.8) is 0 Å². The molecule has 7 nitrogen and oxygen atoms in total. The van der Waals surface area contributed by atoms with Gasteiger partial charge in [-0.25, -0.2) is 0 Å². The monoisotopic (exact) mass is 172 g/mol. The second kappa shape index (κ2) is 4.68. The SMILES string of the molecule is C=CCO/C(O)=C(\[N+]#N)[N+](=O)[O-]. The van der Waals surface area contributed by atoms with Crippen LogP contribution in [0.1, 0.15) is 0 Å². The van der Waals surface area contributed by atoms with Crippen LogP contribution in [0.4, 0.5) is 0 Å². The van der Waals surface area contributed by atoms with Crippen LogP contribution in [-0.4, -0.2) is 16.6 Å². The molecule has 0 saturated heterocycles. The summed E-state index contributed by atoms with van der Waals surface area (Å²) in [6, 6.07) is 0. The summed E-state index contributed by atoms with van der Waals surface area (Å²) in [5.41, 5.74) is 0. The third-order valence-corrected chi connectivity index (χ3v) is 0.797. The molecule has 64 valence electrons. The molecule has 0 amide bonds. The maximum Gasteiger partial charge on any atom is 0.747 e. The zero-order valence-electron chi connectivity index (χ0n) is 6.01. The van der Waals surface area contributed by atoms with Crippen LogP contribution >= 0.6 is 0 Å². The maximum absolute atomic E-state index is 9.96. The lowest BCUT2D eigenvalue weighted by molar-refractivity contribution is -0.425. The summed E-state index contributed by atoms with van der Waals surface area (Å²) in [5, 5.41) is 26.7. The Balaban J connectivity index is 4.52. The summed E-state index contributed by atoms with van der Waals surface area (Å²) < 4.78 is 4.33. The van der Waals surface area contributed by atoms with E-state index in [0.29, 0.717) is 0 Å². The van der Waals surface area contributed by atoms with E-state index in [1.807, 2.05) is 0 Å². The van der Waals surface area contributed by atoms with Crippen molar-refractivity contribution < 1.29 is 14.8 Å². The molecular formula is C5H6N3O4+. The average molecular weight is 172 g/mol. The molecule has 0 aromatic rings. The Kier molecular flexibility index (Phi) is 3.86. The highest BCUT2D eigenvalue weighted by Crippen LogP contribution is 2.04. The van der Waals surface area contributed by atoms with Crippen LogP contribution < -0.4 is 0 Å². The molecular weight excluding hydrogens is 166 g/mol. The number of aliphatic hydroxyl groups excluding tert-OH is 1. The largest absolute Gasteiger partial charge is 0.747 e. The molecule has 0 atom stereocenters. The molecule has 0 aliphatic carbocycles. The van der Waals surface area contributed by atoms with E-state index in [2.05, 4.69) is 16.3 Å². The van der Waals surface area contributed by atoms with Crippen molar-refractivity contribution in [3.8, 4) is 0 Å². The Morgan fingerprint density at radius 2 is 2.50 bits per heavy atom. The predicted molar refractivity (Wildman–Crippen MR) is 37.9 cm³/mol. The fourth-order valence-electron chi connectivity index (χ4n) is 0.360. The van der Waals surface area contributed by atoms with Gasteiger partial charge in [-0.3, -0.25) is 10.1 Å². The summed E-state index contributed by atoms with van der Waals surface area (Å²) >= 11 is 0. The second-order valence-electron chi connectivity index (χ2n) is 1.59. The second-order valence-corrected chi connectivity index (χ2v) is 1.59. The minimum Gasteiger partial charge on any atom is -0.470 e. The number of aliphatic hydroxyl groups is 1. The van der Waals surface area contributed by atoms with Crippen molar-refractivity contribution in [2.24, 2.45) is 0 Å². The Labute approximate surface area is 67.3 Å². The van der Waals surface area contributed by atoms with Crippen LogP contribution in [0.2, 0.25) is 0 Å². The van der Waals surface area contributed by atoms with Gasteiger partial charge in [-0.1, -0.05) is 12.7 Å². The summed E-state index contributed by atoms with van der Waals surface area (Å²) in [5.74, 6) is -2.20. The third kappa shape index (κ3) is 2.66. The van der Waals surface area contributed by atoms with Gasteiger partial charge in [-0.2, -0.15) is 0 Å². The van der Waals surface area contributed by atoms with Gasteiger partial charge in [-0.05, 0) is 0 Å². The molecule has 12 heavy (non-hydrogen) atoms. The van der Waals surface area contributed by atoms with Crippen LogP contribution in [0, 0.1) is 15.5 Å². The fraction of sp³-hybridized carbons (Fsp3) is 0.200. The molecule has 1 N–H and O–H groups in total. The molecule has 0 fully saturated rings. The van der Waals surface area contributed by atoms with Crippen molar-refractivity contribution in [2.45, 2.75) is 0 Å². The summed E-state index contributed by atoms with van der Waals surface area (Å²) in [6.45, 7) is 3.13. The van der Waals surface area contributed by atoms with Gasteiger partial charge >= 0.3 is 11.8 Å². The minimum atomic E-state index is -1.14. The van der Waals surface area contributed by atoms with E-state index in [9.17, 15) is 10.1 Å². The number of nitrogens with zero attached hydrogens (tertiary/aromatic N) is 3. The van der Waals surface area contributed by atoms with Gasteiger partial charge in [0, 0.05) is 0 Å². The molecule has 0 unspecified atom stereocenters. The van der Waals surface area contributed by atoms with Crippen molar-refractivity contribution in [3.05, 3.63) is 39.5 Å². The van der Waals surface area contributed by atoms with Gasteiger partial charge in [0.05, 0.1) is 0 Å². The highest BCUT2D eigenvalue weighted by Gasteiger charge is 2.35. The number of hydrogen-bond donors (Lipinski definition) is 1. The molecule has 0 rings (SSSR count). The van der Waals surface area contributed by atoms with Crippen molar-refractivity contribution in [1.82, 2.24) is 0 Å². The van der Waals surface area contributed by atoms with Gasteiger partial charge in [-0.15, -0.1) is 0 Å². The van der Waals surface area contributed by atoms with Crippen LogP contribution in [0.3, 0.4) is 0 Å². The highest BCUT2D eigenvalue weighted by molar-refractivity contribution is 4.99. The van der Waals surface area contributed by atoms with Gasteiger partial charge in [0.1, 0.15) is 6.61 Å². The first-order valence-electron chi connectivity index (χ1n) is 2.80. The topological polar surface area (TPSA) is 101 Å². The van der Waals surface area contributed by atoms with E-state index in [1.54, 1.807) is 0 Å². The van der Waals surface area contributed by atoms with E-state index in [1.165, 1.54) is 6.08 Å². The number of hydrogen-bond acceptors (Lipinski definition) is 5. The smallest absolute Gasteiger partial charge is 0.470 e. The Bertz CT molecular complexity index is 264. The van der Waals surface area contributed by atoms with Crippen molar-refractivity contribution >= 4 is 0 Å². The Morgan fingerprint density at radius 3 is 2.83 bits per heavy atom. The normalized spacial score (nSPS) is 10.9. The van der Waals surface area contributed by atoms with Gasteiger partial charge in [0.2, 0.25) is 5.39 Å². The average Bonchev–Trinajstić information content (AvgIpc) is 2.01. The molecule has 7 heteroatoms. The lowest BCUT2D eigenvalue weighted by Crippen LogP contribution is -2.02. The van der Waals surface area contributed by atoms with Gasteiger partial charge in [0.15, 0.2) is 4.92 Å². The lowest BCUT2D eigenvalue weighted by Gasteiger charge is -1.92. The Hall–Kier alpha value is -2.10. The third-order valence-electron chi connectivity index (χ3n) is 0.797. The van der Waals surface area contributed by atoms with Crippen LogP contribution in [0.15, 0.2) is 24.4 Å². The molecule has 0 saturated carbocycles. The van der Waals surface area contributed by atoms with Crippen molar-refractivity contribution in [1.29, 1.82) is 5.39 Å². The zero-order chi connectivity index (χ0) is 9.56. The standard InChI is InChI=1S/C5H5N3O4/c1-2-3-12-5(9)4(7-6)8(10)11/h2H,1,3H2/p+1/b5-4+. The van der Waals surface area contributed by atoms with Crippen molar-refractivity contribution in [2.75, 3.05) is 6.61 Å². The molecule has 0 aliphatic heterocycles. The summed E-state index contributed by atoms with van der Waals surface area (Å²) in [4.78, 5) is 11.1. The molecule has 0 aromatic heterocycles. The molecule has 0 radical (unpaired) electrons.